The minimum atomic E-state index is -0.705. The van der Waals surface area contributed by atoms with Gasteiger partial charge in [-0.15, -0.1) is 0 Å². The molecular weight excluding hydrogens is 294 g/mol. The number of hydrogen-bond acceptors (Lipinski definition) is 4. The van der Waals surface area contributed by atoms with Crippen LogP contribution in [0.3, 0.4) is 0 Å². The number of nitrogens with one attached hydrogen (secondary N) is 2. The molecule has 0 aliphatic rings. The Balaban J connectivity index is 2.10. The minimum Gasteiger partial charge on any atom is -0.459 e. The molecule has 0 fully saturated rings. The highest BCUT2D eigenvalue weighted by Crippen LogP contribution is 2.06. The van der Waals surface area contributed by atoms with Crippen LogP contribution in [0, 0.1) is 0 Å². The zero-order chi connectivity index (χ0) is 16.7. The first-order valence-electron chi connectivity index (χ1n) is 7.49. The first-order chi connectivity index (χ1) is 11.1. The van der Waals surface area contributed by atoms with Crippen LogP contribution in [0.4, 0.5) is 0 Å². The van der Waals surface area contributed by atoms with E-state index < -0.39 is 11.9 Å². The van der Waals surface area contributed by atoms with Crippen molar-refractivity contribution in [2.45, 2.75) is 25.4 Å². The molecular formula is C17H21N3O3. The van der Waals surface area contributed by atoms with Gasteiger partial charge in [-0.25, -0.2) is 0 Å². The number of furan rings is 1. The number of hydrogen-bond donors (Lipinski definition) is 3. The van der Waals surface area contributed by atoms with Crippen LogP contribution in [0.25, 0.3) is 0 Å². The summed E-state index contributed by atoms with van der Waals surface area (Å²) in [7, 11) is 0. The molecule has 0 aliphatic heterocycles. The van der Waals surface area contributed by atoms with Gasteiger partial charge in [0.15, 0.2) is 5.76 Å². The van der Waals surface area contributed by atoms with Crippen molar-refractivity contribution in [3.63, 3.8) is 0 Å². The van der Waals surface area contributed by atoms with Crippen molar-refractivity contribution >= 4 is 11.8 Å². The van der Waals surface area contributed by atoms with Crippen LogP contribution >= 0.6 is 0 Å². The van der Waals surface area contributed by atoms with Gasteiger partial charge in [-0.3, -0.25) is 9.59 Å². The Morgan fingerprint density at radius 1 is 1.13 bits per heavy atom. The van der Waals surface area contributed by atoms with Crippen LogP contribution < -0.4 is 16.4 Å². The number of nitrogens with two attached hydrogens (primary N) is 1. The van der Waals surface area contributed by atoms with Crippen molar-refractivity contribution in [2.24, 2.45) is 5.73 Å². The third-order valence-electron chi connectivity index (χ3n) is 3.39. The summed E-state index contributed by atoms with van der Waals surface area (Å²) < 4.78 is 5.06. The molecule has 6 heteroatoms. The Morgan fingerprint density at radius 3 is 2.48 bits per heavy atom. The minimum absolute atomic E-state index is 0.165. The molecule has 4 N–H and O–H groups in total. The Labute approximate surface area is 135 Å². The standard InChI is InChI=1S/C17H21N3O3/c1-12(11-18)19-16(21)14(10-13-6-3-2-4-7-13)20-17(22)15-8-5-9-23-15/h2-9,12,14H,10-11,18H2,1H3,(H,19,21)(H,20,22)/t12-,14?/m0/s1. The monoisotopic (exact) mass is 315 g/mol. The average molecular weight is 315 g/mol. The van der Waals surface area contributed by atoms with E-state index in [1.165, 1.54) is 6.26 Å². The predicted molar refractivity (Wildman–Crippen MR) is 86.8 cm³/mol. The lowest BCUT2D eigenvalue weighted by atomic mass is 10.0. The smallest absolute Gasteiger partial charge is 0.287 e. The maximum Gasteiger partial charge on any atom is 0.287 e. The molecule has 122 valence electrons. The summed E-state index contributed by atoms with van der Waals surface area (Å²) >= 11 is 0. The van der Waals surface area contributed by atoms with E-state index >= 15 is 0 Å². The first-order valence-corrected chi connectivity index (χ1v) is 7.49. The normalized spacial score (nSPS) is 13.1. The van der Waals surface area contributed by atoms with Crippen LogP contribution in [0.15, 0.2) is 53.1 Å². The van der Waals surface area contributed by atoms with Gasteiger partial charge in [0.2, 0.25) is 5.91 Å². The summed E-state index contributed by atoms with van der Waals surface area (Å²) in [6.07, 6.45) is 1.80. The van der Waals surface area contributed by atoms with Gasteiger partial charge in [-0.1, -0.05) is 30.3 Å². The van der Waals surface area contributed by atoms with E-state index in [4.69, 9.17) is 10.2 Å². The van der Waals surface area contributed by atoms with Crippen LogP contribution in [0.2, 0.25) is 0 Å². The Morgan fingerprint density at radius 2 is 1.87 bits per heavy atom. The van der Waals surface area contributed by atoms with Gasteiger partial charge >= 0.3 is 0 Å². The fourth-order valence-electron chi connectivity index (χ4n) is 2.10. The van der Waals surface area contributed by atoms with E-state index in [0.717, 1.165) is 5.56 Å². The highest BCUT2D eigenvalue weighted by Gasteiger charge is 2.23. The maximum atomic E-state index is 12.4. The van der Waals surface area contributed by atoms with E-state index in [1.54, 1.807) is 12.1 Å². The van der Waals surface area contributed by atoms with Gasteiger partial charge in [0.05, 0.1) is 6.26 Å². The maximum absolute atomic E-state index is 12.4. The molecule has 1 aromatic heterocycles. The largest absolute Gasteiger partial charge is 0.459 e. The SMILES string of the molecule is C[C@@H](CN)NC(=O)C(Cc1ccccc1)NC(=O)c1ccco1. The summed E-state index contributed by atoms with van der Waals surface area (Å²) in [5, 5.41) is 5.50. The number of rotatable bonds is 7. The molecule has 6 nitrogen and oxygen atoms in total. The van der Waals surface area contributed by atoms with E-state index in [9.17, 15) is 9.59 Å². The van der Waals surface area contributed by atoms with Gasteiger partial charge in [-0.2, -0.15) is 0 Å². The third-order valence-corrected chi connectivity index (χ3v) is 3.39. The second-order valence-corrected chi connectivity index (χ2v) is 5.34. The molecule has 0 spiro atoms. The fraction of sp³-hybridized carbons (Fsp3) is 0.294. The molecule has 1 unspecified atom stereocenters. The fourth-order valence-corrected chi connectivity index (χ4v) is 2.10. The van der Waals surface area contributed by atoms with Gasteiger partial charge < -0.3 is 20.8 Å². The molecule has 2 aromatic rings. The van der Waals surface area contributed by atoms with Crippen molar-refractivity contribution in [3.8, 4) is 0 Å². The average Bonchev–Trinajstić information content (AvgIpc) is 3.09. The Bertz CT molecular complexity index is 626. The molecule has 0 radical (unpaired) electrons. The molecule has 1 aromatic carbocycles. The molecule has 0 saturated carbocycles. The summed E-state index contributed by atoms with van der Waals surface area (Å²) in [6, 6.07) is 11.8. The van der Waals surface area contributed by atoms with E-state index in [-0.39, 0.29) is 17.7 Å². The van der Waals surface area contributed by atoms with Crippen molar-refractivity contribution in [2.75, 3.05) is 6.54 Å². The van der Waals surface area contributed by atoms with Crippen molar-refractivity contribution in [1.29, 1.82) is 0 Å². The summed E-state index contributed by atoms with van der Waals surface area (Å²) in [6.45, 7) is 2.14. The molecule has 2 atom stereocenters. The van der Waals surface area contributed by atoms with E-state index in [2.05, 4.69) is 10.6 Å². The summed E-state index contributed by atoms with van der Waals surface area (Å²) in [4.78, 5) is 24.6. The zero-order valence-corrected chi connectivity index (χ0v) is 13.0. The highest BCUT2D eigenvalue weighted by molar-refractivity contribution is 5.95. The summed E-state index contributed by atoms with van der Waals surface area (Å²) in [5.74, 6) is -0.527. The molecule has 23 heavy (non-hydrogen) atoms. The lowest BCUT2D eigenvalue weighted by Gasteiger charge is -2.20. The number of carbonyl (C=O) groups excluding carboxylic acids is 2. The highest BCUT2D eigenvalue weighted by atomic mass is 16.3. The molecule has 2 rings (SSSR count). The number of benzene rings is 1. The van der Waals surface area contributed by atoms with Crippen molar-refractivity contribution < 1.29 is 14.0 Å². The topological polar surface area (TPSA) is 97.4 Å². The third kappa shape index (κ3) is 4.96. The van der Waals surface area contributed by atoms with Crippen LogP contribution in [0.5, 0.6) is 0 Å². The lowest BCUT2D eigenvalue weighted by molar-refractivity contribution is -0.123. The van der Waals surface area contributed by atoms with Crippen LogP contribution in [0.1, 0.15) is 23.0 Å². The molecule has 0 aliphatic carbocycles. The van der Waals surface area contributed by atoms with Crippen LogP contribution in [-0.2, 0) is 11.2 Å². The van der Waals surface area contributed by atoms with Crippen LogP contribution in [-0.4, -0.2) is 30.4 Å². The summed E-state index contributed by atoms with van der Waals surface area (Å²) in [5.41, 5.74) is 6.49. The second kappa shape index (κ2) is 8.14. The Kier molecular flexibility index (Phi) is 5.94. The van der Waals surface area contributed by atoms with Crippen molar-refractivity contribution in [3.05, 3.63) is 60.1 Å². The molecule has 1 heterocycles. The number of amides is 2. The Hall–Kier alpha value is -2.60. The van der Waals surface area contributed by atoms with Gasteiger partial charge in [0.25, 0.3) is 5.91 Å². The lowest BCUT2D eigenvalue weighted by Crippen LogP contribution is -2.51. The van der Waals surface area contributed by atoms with Gasteiger partial charge in [0.1, 0.15) is 6.04 Å². The second-order valence-electron chi connectivity index (χ2n) is 5.34. The van der Waals surface area contributed by atoms with E-state index in [1.807, 2.05) is 37.3 Å². The quantitative estimate of drug-likeness (QED) is 0.712. The van der Waals surface area contributed by atoms with Gasteiger partial charge in [0, 0.05) is 19.0 Å². The van der Waals surface area contributed by atoms with E-state index in [0.29, 0.717) is 13.0 Å². The number of carbonyl (C=O) groups is 2. The van der Waals surface area contributed by atoms with Gasteiger partial charge in [-0.05, 0) is 24.6 Å². The first kappa shape index (κ1) is 16.8. The predicted octanol–water partition coefficient (Wildman–Crippen LogP) is 1.08. The van der Waals surface area contributed by atoms with Crippen molar-refractivity contribution in [1.82, 2.24) is 10.6 Å². The molecule has 0 saturated heterocycles. The zero-order valence-electron chi connectivity index (χ0n) is 13.0. The molecule has 0 bridgehead atoms. The molecule has 2 amide bonds.